The lowest BCUT2D eigenvalue weighted by Gasteiger charge is -2.31. The summed E-state index contributed by atoms with van der Waals surface area (Å²) in [6, 6.07) is 21.0. The molecule has 5 rings (SSSR count). The topological polar surface area (TPSA) is 96.2 Å². The highest BCUT2D eigenvalue weighted by Crippen LogP contribution is 2.37. The van der Waals surface area contributed by atoms with Crippen LogP contribution < -0.4 is 19.9 Å². The van der Waals surface area contributed by atoms with Gasteiger partial charge in [-0.25, -0.2) is 9.69 Å². The minimum Gasteiger partial charge on any atom is -0.423 e. The molecule has 10 heteroatoms. The van der Waals surface area contributed by atoms with Gasteiger partial charge >= 0.3 is 17.2 Å². The minimum absolute atomic E-state index is 0.205. The summed E-state index contributed by atoms with van der Waals surface area (Å²) >= 11 is 4.65. The lowest BCUT2D eigenvalue weighted by molar-refractivity contribution is -0.763. The summed E-state index contributed by atoms with van der Waals surface area (Å²) in [7, 11) is 0. The maximum Gasteiger partial charge on any atom is 0.343 e. The van der Waals surface area contributed by atoms with Gasteiger partial charge in [0.2, 0.25) is 11.1 Å². The Hall–Kier alpha value is -3.76. The number of nitrogens with zero attached hydrogens (tertiary/aromatic N) is 3. The number of thioether (sulfide) groups is 1. The number of nitrogens with one attached hydrogen (secondary N) is 1. The van der Waals surface area contributed by atoms with Gasteiger partial charge in [0, 0.05) is 22.1 Å². The number of anilines is 1. The van der Waals surface area contributed by atoms with Crippen LogP contribution in [0.5, 0.6) is 5.75 Å². The van der Waals surface area contributed by atoms with E-state index in [9.17, 15) is 14.4 Å². The van der Waals surface area contributed by atoms with Gasteiger partial charge in [0.15, 0.2) is 0 Å². The number of para-hydroxylation sites is 1. The molecule has 1 atom stereocenters. The molecule has 180 valence electrons. The average Bonchev–Trinajstić information content (AvgIpc) is 2.88. The molecule has 0 aliphatic carbocycles. The minimum atomic E-state index is -0.711. The largest absolute Gasteiger partial charge is 0.423 e. The van der Waals surface area contributed by atoms with Gasteiger partial charge in [0.05, 0.1) is 16.8 Å². The van der Waals surface area contributed by atoms with E-state index in [1.165, 1.54) is 18.7 Å². The van der Waals surface area contributed by atoms with Gasteiger partial charge in [0.25, 0.3) is 6.17 Å². The Morgan fingerprint density at radius 1 is 1.06 bits per heavy atom. The van der Waals surface area contributed by atoms with Gasteiger partial charge in [-0.15, -0.1) is 0 Å². The summed E-state index contributed by atoms with van der Waals surface area (Å²) in [5.74, 6) is -0.333. The molecule has 0 fully saturated rings. The van der Waals surface area contributed by atoms with E-state index < -0.39 is 12.1 Å². The van der Waals surface area contributed by atoms with E-state index in [1.54, 1.807) is 64.2 Å². The first-order valence-electron chi connectivity index (χ1n) is 10.9. The van der Waals surface area contributed by atoms with E-state index in [0.717, 1.165) is 4.47 Å². The van der Waals surface area contributed by atoms with Crippen LogP contribution in [-0.2, 0) is 4.79 Å². The molecule has 1 N–H and O–H groups in total. The SMILES string of the molecule is CSc1n[n+]2c(c(=O)[nH]1)-c1ccccc1N(C(C)=O)[C@@H]2c1ccc(OC(=O)c2ccc(Br)cc2)cc1. The van der Waals surface area contributed by atoms with Crippen LogP contribution in [0.4, 0.5) is 5.69 Å². The molecule has 2 heterocycles. The number of carbonyl (C=O) groups is 2. The average molecular weight is 564 g/mol. The zero-order valence-electron chi connectivity index (χ0n) is 19.3. The molecule has 1 aliphatic rings. The number of amides is 1. The van der Waals surface area contributed by atoms with E-state index >= 15 is 0 Å². The number of benzene rings is 3. The third-order valence-electron chi connectivity index (χ3n) is 5.76. The molecule has 8 nitrogen and oxygen atoms in total. The van der Waals surface area contributed by atoms with Gasteiger partial charge in [-0.3, -0.25) is 14.6 Å². The fraction of sp³-hybridized carbons (Fsp3) is 0.115. The van der Waals surface area contributed by atoms with Crippen LogP contribution in [0.2, 0.25) is 0 Å². The van der Waals surface area contributed by atoms with Crippen molar-refractivity contribution in [3.8, 4) is 17.0 Å². The van der Waals surface area contributed by atoms with Crippen molar-refractivity contribution < 1.29 is 19.0 Å². The van der Waals surface area contributed by atoms with Crippen LogP contribution in [0, 0.1) is 0 Å². The third kappa shape index (κ3) is 4.33. The van der Waals surface area contributed by atoms with E-state index in [2.05, 4.69) is 26.0 Å². The number of H-pyrrole nitrogens is 1. The van der Waals surface area contributed by atoms with Crippen LogP contribution >= 0.6 is 27.7 Å². The molecule has 0 unspecified atom stereocenters. The molecular formula is C26H20BrN4O4S+. The Morgan fingerprint density at radius 3 is 2.42 bits per heavy atom. The van der Waals surface area contributed by atoms with Gasteiger partial charge in [-0.2, -0.15) is 0 Å². The first kappa shape index (κ1) is 24.0. The summed E-state index contributed by atoms with van der Waals surface area (Å²) < 4.78 is 7.97. The van der Waals surface area contributed by atoms with Gasteiger partial charge < -0.3 is 4.74 Å². The molecule has 1 amide bonds. The number of rotatable bonds is 4. The fourth-order valence-electron chi connectivity index (χ4n) is 4.16. The van der Waals surface area contributed by atoms with Gasteiger partial charge in [-0.1, -0.05) is 39.8 Å². The van der Waals surface area contributed by atoms with Crippen molar-refractivity contribution in [3.05, 3.63) is 98.7 Å². The van der Waals surface area contributed by atoms with Crippen molar-refractivity contribution in [1.29, 1.82) is 0 Å². The molecule has 36 heavy (non-hydrogen) atoms. The maximum absolute atomic E-state index is 13.1. The number of aromatic amines is 1. The quantitative estimate of drug-likeness (QED) is 0.172. The van der Waals surface area contributed by atoms with Crippen molar-refractivity contribution in [1.82, 2.24) is 10.1 Å². The predicted octanol–water partition coefficient (Wildman–Crippen LogP) is 4.34. The van der Waals surface area contributed by atoms with Gasteiger partial charge in [0.1, 0.15) is 5.75 Å². The van der Waals surface area contributed by atoms with Crippen molar-refractivity contribution in [2.24, 2.45) is 0 Å². The second kappa shape index (κ2) is 9.71. The number of carbonyl (C=O) groups excluding carboxylic acids is 2. The number of esters is 1. The summed E-state index contributed by atoms with van der Waals surface area (Å²) in [5.41, 5.74) is 2.41. The molecule has 4 aromatic rings. The molecule has 1 aromatic heterocycles. The zero-order valence-corrected chi connectivity index (χ0v) is 21.7. The second-order valence-electron chi connectivity index (χ2n) is 8.00. The molecule has 0 saturated carbocycles. The monoisotopic (exact) mass is 563 g/mol. The Balaban J connectivity index is 1.57. The Morgan fingerprint density at radius 2 is 1.75 bits per heavy atom. The molecule has 0 bridgehead atoms. The number of aromatic nitrogens is 3. The Labute approximate surface area is 219 Å². The van der Waals surface area contributed by atoms with Crippen molar-refractivity contribution >= 4 is 45.3 Å². The Kier molecular flexibility index (Phi) is 6.46. The smallest absolute Gasteiger partial charge is 0.343 e. The summed E-state index contributed by atoms with van der Waals surface area (Å²) in [6.45, 7) is 1.48. The van der Waals surface area contributed by atoms with Crippen LogP contribution in [0.1, 0.15) is 29.0 Å². The van der Waals surface area contributed by atoms with Crippen LogP contribution in [0.3, 0.4) is 0 Å². The summed E-state index contributed by atoms with van der Waals surface area (Å²) in [4.78, 5) is 42.9. The Bertz CT molecular complexity index is 1540. The van der Waals surface area contributed by atoms with Crippen molar-refractivity contribution in [3.63, 3.8) is 0 Å². The fourth-order valence-corrected chi connectivity index (χ4v) is 4.79. The molecule has 0 saturated heterocycles. The van der Waals surface area contributed by atoms with Crippen molar-refractivity contribution in [2.45, 2.75) is 18.2 Å². The number of ether oxygens (including phenoxy) is 1. The van der Waals surface area contributed by atoms with Crippen molar-refractivity contribution in [2.75, 3.05) is 11.2 Å². The summed E-state index contributed by atoms with van der Waals surface area (Å²) in [5, 5.41) is 5.07. The second-order valence-corrected chi connectivity index (χ2v) is 9.71. The number of hydrogen-bond donors (Lipinski definition) is 1. The third-order valence-corrected chi connectivity index (χ3v) is 6.86. The lowest BCUT2D eigenvalue weighted by Crippen LogP contribution is -2.60. The molecule has 0 spiro atoms. The van der Waals surface area contributed by atoms with E-state index in [4.69, 9.17) is 4.74 Å². The normalized spacial score (nSPS) is 14.1. The predicted molar refractivity (Wildman–Crippen MR) is 139 cm³/mol. The van der Waals surface area contributed by atoms with E-state index in [0.29, 0.717) is 39.0 Å². The lowest BCUT2D eigenvalue weighted by atomic mass is 10.0. The molecule has 0 radical (unpaired) electrons. The van der Waals surface area contributed by atoms with Crippen LogP contribution in [-0.4, -0.2) is 28.2 Å². The van der Waals surface area contributed by atoms with E-state index in [1.807, 2.05) is 24.5 Å². The van der Waals surface area contributed by atoms with Crippen LogP contribution in [0.25, 0.3) is 11.3 Å². The summed E-state index contributed by atoms with van der Waals surface area (Å²) in [6.07, 6.45) is 1.10. The molecular weight excluding hydrogens is 544 g/mol. The highest BCUT2D eigenvalue weighted by molar-refractivity contribution is 9.10. The van der Waals surface area contributed by atoms with E-state index in [-0.39, 0.29) is 11.5 Å². The number of fused-ring (bicyclic) bond motifs is 3. The highest BCUT2D eigenvalue weighted by atomic mass is 79.9. The molecule has 1 aliphatic heterocycles. The number of hydrogen-bond acceptors (Lipinski definition) is 6. The van der Waals surface area contributed by atoms with Crippen LogP contribution in [0.15, 0.2) is 87.2 Å². The number of halogens is 1. The first-order valence-corrected chi connectivity index (χ1v) is 13.0. The molecule has 3 aromatic carbocycles. The highest BCUT2D eigenvalue weighted by Gasteiger charge is 2.44. The standard InChI is InChI=1S/C26H19BrN4O4S/c1-15(32)30-21-6-4-3-5-20(21)22-23(33)28-26(36-2)29-31(22)24(30)16-9-13-19(14-10-16)35-25(34)17-7-11-18(27)12-8-17/h3-14,24H,1-2H3/p+1/t24-/m0/s1. The zero-order chi connectivity index (χ0) is 25.4. The maximum atomic E-state index is 13.1. The first-order chi connectivity index (χ1) is 17.4. The van der Waals surface area contributed by atoms with Gasteiger partial charge in [-0.05, 0) is 71.6 Å².